The Hall–Kier alpha value is -1.05. The second-order valence-corrected chi connectivity index (χ2v) is 5.14. The van der Waals surface area contributed by atoms with E-state index >= 15 is 0 Å². The minimum Gasteiger partial charge on any atom is -0.340 e. The maximum Gasteiger partial charge on any atom is 0.222 e. The molecule has 0 saturated carbocycles. The molecule has 2 aliphatic rings. The third kappa shape index (κ3) is 3.47. The predicted octanol–water partition coefficient (Wildman–Crippen LogP) is 0.296. The molecule has 2 rings (SSSR count). The summed E-state index contributed by atoms with van der Waals surface area (Å²) in [6.45, 7) is 6.07. The van der Waals surface area contributed by atoms with Crippen molar-refractivity contribution in [2.24, 2.45) is 0 Å². The minimum absolute atomic E-state index is 0.304. The van der Waals surface area contributed by atoms with Crippen molar-refractivity contribution in [1.29, 1.82) is 0 Å². The first kappa shape index (κ1) is 13.4. The molecule has 0 aromatic heterocycles. The van der Waals surface area contributed by atoms with Gasteiger partial charge in [-0.3, -0.25) is 9.69 Å². The zero-order valence-corrected chi connectivity index (χ0v) is 11.0. The lowest BCUT2D eigenvalue weighted by Crippen LogP contribution is -2.62. The van der Waals surface area contributed by atoms with Crippen molar-refractivity contribution in [3.05, 3.63) is 0 Å². The number of hydrogen-bond acceptors (Lipinski definition) is 3. The molecule has 2 aliphatic heterocycles. The number of rotatable bonds is 5. The molecule has 0 bridgehead atoms. The van der Waals surface area contributed by atoms with Gasteiger partial charge in [-0.15, -0.1) is 12.3 Å². The molecular weight excluding hydrogens is 226 g/mol. The second kappa shape index (κ2) is 6.77. The van der Waals surface area contributed by atoms with Gasteiger partial charge in [0.25, 0.3) is 0 Å². The number of nitrogens with zero attached hydrogens (tertiary/aromatic N) is 2. The van der Waals surface area contributed by atoms with Gasteiger partial charge in [-0.1, -0.05) is 0 Å². The fraction of sp³-hybridized carbons (Fsp3) is 0.786. The van der Waals surface area contributed by atoms with Crippen LogP contribution in [0.4, 0.5) is 0 Å². The van der Waals surface area contributed by atoms with E-state index in [1.54, 1.807) is 0 Å². The molecule has 2 heterocycles. The third-order valence-corrected chi connectivity index (χ3v) is 3.91. The highest BCUT2D eigenvalue weighted by Crippen LogP contribution is 2.11. The van der Waals surface area contributed by atoms with E-state index < -0.39 is 0 Å². The van der Waals surface area contributed by atoms with Crippen LogP contribution in [-0.4, -0.2) is 61.0 Å². The van der Waals surface area contributed by atoms with Gasteiger partial charge >= 0.3 is 0 Å². The number of piperazine rings is 1. The van der Waals surface area contributed by atoms with E-state index in [1.165, 1.54) is 0 Å². The van der Waals surface area contributed by atoms with E-state index in [0.29, 0.717) is 18.4 Å². The van der Waals surface area contributed by atoms with Crippen molar-refractivity contribution < 1.29 is 4.79 Å². The summed E-state index contributed by atoms with van der Waals surface area (Å²) in [5, 5.41) is 3.29. The monoisotopic (exact) mass is 249 g/mol. The van der Waals surface area contributed by atoms with Gasteiger partial charge in [-0.25, -0.2) is 0 Å². The lowest BCUT2D eigenvalue weighted by Gasteiger charge is -2.43. The van der Waals surface area contributed by atoms with E-state index in [9.17, 15) is 4.79 Å². The van der Waals surface area contributed by atoms with Gasteiger partial charge < -0.3 is 10.2 Å². The van der Waals surface area contributed by atoms with E-state index in [0.717, 1.165) is 58.5 Å². The SMILES string of the molecule is C#CCCCCC(=O)N1CCN(C2CNC2)CC1. The summed E-state index contributed by atoms with van der Waals surface area (Å²) in [5.74, 6) is 2.92. The van der Waals surface area contributed by atoms with Crippen molar-refractivity contribution in [3.8, 4) is 12.3 Å². The van der Waals surface area contributed by atoms with Crippen LogP contribution in [0.3, 0.4) is 0 Å². The number of nitrogens with one attached hydrogen (secondary N) is 1. The molecule has 0 aromatic rings. The maximum atomic E-state index is 12.0. The number of carbonyl (C=O) groups excluding carboxylic acids is 1. The van der Waals surface area contributed by atoms with Crippen LogP contribution >= 0.6 is 0 Å². The fourth-order valence-electron chi connectivity index (χ4n) is 2.53. The van der Waals surface area contributed by atoms with Crippen molar-refractivity contribution in [2.75, 3.05) is 39.3 Å². The van der Waals surface area contributed by atoms with Crippen LogP contribution in [0, 0.1) is 12.3 Å². The van der Waals surface area contributed by atoms with E-state index in [-0.39, 0.29) is 0 Å². The van der Waals surface area contributed by atoms with E-state index in [2.05, 4.69) is 16.1 Å². The molecule has 100 valence electrons. The minimum atomic E-state index is 0.304. The van der Waals surface area contributed by atoms with Crippen LogP contribution in [0.5, 0.6) is 0 Å². The van der Waals surface area contributed by atoms with Crippen LogP contribution in [0.1, 0.15) is 25.7 Å². The summed E-state index contributed by atoms with van der Waals surface area (Å²) in [6.07, 6.45) is 8.54. The average Bonchev–Trinajstić information content (AvgIpc) is 2.33. The Morgan fingerprint density at radius 3 is 2.50 bits per heavy atom. The van der Waals surface area contributed by atoms with Crippen molar-refractivity contribution in [3.63, 3.8) is 0 Å². The molecule has 1 N–H and O–H groups in total. The number of carbonyl (C=O) groups is 1. The number of terminal acetylenes is 1. The largest absolute Gasteiger partial charge is 0.340 e. The molecule has 0 unspecified atom stereocenters. The van der Waals surface area contributed by atoms with Gasteiger partial charge in [-0.05, 0) is 12.8 Å². The quantitative estimate of drug-likeness (QED) is 0.562. The fourth-order valence-corrected chi connectivity index (χ4v) is 2.53. The summed E-state index contributed by atoms with van der Waals surface area (Å²) < 4.78 is 0. The normalized spacial score (nSPS) is 21.4. The highest BCUT2D eigenvalue weighted by Gasteiger charge is 2.28. The first-order valence-corrected chi connectivity index (χ1v) is 6.97. The van der Waals surface area contributed by atoms with Crippen LogP contribution in [0.15, 0.2) is 0 Å². The molecule has 1 amide bonds. The summed E-state index contributed by atoms with van der Waals surface area (Å²) >= 11 is 0. The van der Waals surface area contributed by atoms with E-state index in [1.807, 2.05) is 4.90 Å². The summed E-state index contributed by atoms with van der Waals surface area (Å²) in [4.78, 5) is 16.5. The zero-order chi connectivity index (χ0) is 12.8. The molecule has 4 nitrogen and oxygen atoms in total. The van der Waals surface area contributed by atoms with Crippen LogP contribution in [-0.2, 0) is 4.79 Å². The number of hydrogen-bond donors (Lipinski definition) is 1. The van der Waals surface area contributed by atoms with Gasteiger partial charge in [-0.2, -0.15) is 0 Å². The molecule has 0 aliphatic carbocycles. The molecule has 0 spiro atoms. The Morgan fingerprint density at radius 1 is 1.22 bits per heavy atom. The Balaban J connectivity index is 1.62. The molecule has 0 atom stereocenters. The molecule has 0 radical (unpaired) electrons. The molecule has 2 fully saturated rings. The van der Waals surface area contributed by atoms with Gasteiger partial charge in [0.2, 0.25) is 5.91 Å². The van der Waals surface area contributed by atoms with Crippen molar-refractivity contribution in [1.82, 2.24) is 15.1 Å². The van der Waals surface area contributed by atoms with Crippen LogP contribution in [0.2, 0.25) is 0 Å². The Morgan fingerprint density at radius 2 is 1.94 bits per heavy atom. The van der Waals surface area contributed by atoms with Crippen molar-refractivity contribution >= 4 is 5.91 Å². The summed E-state index contributed by atoms with van der Waals surface area (Å²) in [5.41, 5.74) is 0. The molecule has 0 aromatic carbocycles. The first-order chi connectivity index (χ1) is 8.81. The van der Waals surface area contributed by atoms with Crippen LogP contribution < -0.4 is 5.32 Å². The lowest BCUT2D eigenvalue weighted by molar-refractivity contribution is -0.133. The van der Waals surface area contributed by atoms with Gasteiger partial charge in [0.05, 0.1) is 0 Å². The standard InChI is InChI=1S/C14H23N3O/c1-2-3-4-5-6-14(18)17-9-7-16(8-10-17)13-11-15-12-13/h1,13,15H,3-12H2. The topological polar surface area (TPSA) is 35.6 Å². The smallest absolute Gasteiger partial charge is 0.222 e. The van der Waals surface area contributed by atoms with E-state index in [4.69, 9.17) is 6.42 Å². The van der Waals surface area contributed by atoms with Crippen molar-refractivity contribution in [2.45, 2.75) is 31.7 Å². The Bertz CT molecular complexity index is 311. The number of unbranched alkanes of at least 4 members (excludes halogenated alkanes) is 2. The van der Waals surface area contributed by atoms with Gasteiger partial charge in [0, 0.05) is 58.2 Å². The number of amides is 1. The zero-order valence-electron chi connectivity index (χ0n) is 11.0. The average molecular weight is 249 g/mol. The molecule has 18 heavy (non-hydrogen) atoms. The van der Waals surface area contributed by atoms with Gasteiger partial charge in [0.15, 0.2) is 0 Å². The van der Waals surface area contributed by atoms with Crippen LogP contribution in [0.25, 0.3) is 0 Å². The molecular formula is C14H23N3O. The second-order valence-electron chi connectivity index (χ2n) is 5.14. The molecule has 4 heteroatoms. The Labute approximate surface area is 110 Å². The maximum absolute atomic E-state index is 12.0. The Kier molecular flexibility index (Phi) is 5.03. The lowest BCUT2D eigenvalue weighted by atomic mass is 10.1. The highest BCUT2D eigenvalue weighted by atomic mass is 16.2. The summed E-state index contributed by atoms with van der Waals surface area (Å²) in [6, 6.07) is 0.706. The first-order valence-electron chi connectivity index (χ1n) is 6.97. The third-order valence-electron chi connectivity index (χ3n) is 3.91. The highest BCUT2D eigenvalue weighted by molar-refractivity contribution is 5.76. The predicted molar refractivity (Wildman–Crippen MR) is 72.1 cm³/mol. The summed E-state index contributed by atoms with van der Waals surface area (Å²) in [7, 11) is 0. The van der Waals surface area contributed by atoms with Gasteiger partial charge in [0.1, 0.15) is 0 Å². The molecule has 2 saturated heterocycles.